The van der Waals surface area contributed by atoms with E-state index in [1.165, 1.54) is 12.8 Å². The molecule has 1 aromatic carbocycles. The Hall–Kier alpha value is -1.81. The monoisotopic (exact) mass is 298 g/mol. The van der Waals surface area contributed by atoms with E-state index in [9.17, 15) is 0 Å². The molecule has 1 aliphatic heterocycles. The molecule has 4 rings (SSSR count). The first kappa shape index (κ1) is 13.8. The standard InChI is InChI=1S/C18H22N2O2/c1-21-15-5-6-16-13(10-15)4-7-18(20-16)19-14-8-9-22-17(11-14)12-2-3-12/h4-7,10,12,14,17H,2-3,8-9,11H2,1H3,(H,19,20). The summed E-state index contributed by atoms with van der Waals surface area (Å²) in [5.41, 5.74) is 0.997. The fourth-order valence-corrected chi connectivity index (χ4v) is 3.28. The van der Waals surface area contributed by atoms with E-state index in [4.69, 9.17) is 14.5 Å². The van der Waals surface area contributed by atoms with Crippen LogP contribution >= 0.6 is 0 Å². The molecule has 4 heteroatoms. The van der Waals surface area contributed by atoms with Crippen LogP contribution in [-0.2, 0) is 4.74 Å². The molecule has 2 aromatic rings. The third-order valence-electron chi connectivity index (χ3n) is 4.71. The first-order chi connectivity index (χ1) is 10.8. The molecule has 2 unspecified atom stereocenters. The number of fused-ring (bicyclic) bond motifs is 1. The van der Waals surface area contributed by atoms with Crippen LogP contribution in [0.25, 0.3) is 10.9 Å². The molecule has 2 aliphatic rings. The summed E-state index contributed by atoms with van der Waals surface area (Å²) in [6.07, 6.45) is 5.30. The van der Waals surface area contributed by atoms with Gasteiger partial charge in [-0.3, -0.25) is 0 Å². The lowest BCUT2D eigenvalue weighted by atomic mass is 10.00. The average Bonchev–Trinajstić information content (AvgIpc) is 3.39. The second-order valence-corrected chi connectivity index (χ2v) is 6.37. The molecule has 0 bridgehead atoms. The third-order valence-corrected chi connectivity index (χ3v) is 4.71. The Kier molecular flexibility index (Phi) is 3.62. The van der Waals surface area contributed by atoms with Crippen LogP contribution in [0.1, 0.15) is 25.7 Å². The fourth-order valence-electron chi connectivity index (χ4n) is 3.28. The molecule has 2 fully saturated rings. The van der Waals surface area contributed by atoms with Crippen molar-refractivity contribution in [2.45, 2.75) is 37.8 Å². The van der Waals surface area contributed by atoms with Gasteiger partial charge in [-0.1, -0.05) is 0 Å². The van der Waals surface area contributed by atoms with Crippen LogP contribution in [0.4, 0.5) is 5.82 Å². The van der Waals surface area contributed by atoms with Crippen LogP contribution in [0.2, 0.25) is 0 Å². The highest BCUT2D eigenvalue weighted by Gasteiger charge is 2.35. The topological polar surface area (TPSA) is 43.4 Å². The van der Waals surface area contributed by atoms with Crippen molar-refractivity contribution in [3.63, 3.8) is 0 Å². The predicted molar refractivity (Wildman–Crippen MR) is 87.4 cm³/mol. The summed E-state index contributed by atoms with van der Waals surface area (Å²) in [6, 6.07) is 10.6. The number of rotatable bonds is 4. The number of pyridine rings is 1. The Balaban J connectivity index is 1.48. The molecule has 2 heterocycles. The molecule has 1 aromatic heterocycles. The molecule has 1 saturated heterocycles. The van der Waals surface area contributed by atoms with Gasteiger partial charge in [0.25, 0.3) is 0 Å². The van der Waals surface area contributed by atoms with E-state index in [1.807, 2.05) is 18.2 Å². The van der Waals surface area contributed by atoms with Crippen molar-refractivity contribution >= 4 is 16.7 Å². The normalized spacial score (nSPS) is 25.1. The molecule has 2 atom stereocenters. The van der Waals surface area contributed by atoms with Gasteiger partial charge in [-0.2, -0.15) is 0 Å². The minimum atomic E-state index is 0.455. The Morgan fingerprint density at radius 1 is 1.18 bits per heavy atom. The van der Waals surface area contributed by atoms with E-state index >= 15 is 0 Å². The van der Waals surface area contributed by atoms with Crippen molar-refractivity contribution in [1.82, 2.24) is 4.98 Å². The van der Waals surface area contributed by atoms with Crippen molar-refractivity contribution in [1.29, 1.82) is 0 Å². The minimum absolute atomic E-state index is 0.455. The third kappa shape index (κ3) is 2.88. The number of nitrogens with one attached hydrogen (secondary N) is 1. The Morgan fingerprint density at radius 2 is 2.09 bits per heavy atom. The molecular weight excluding hydrogens is 276 g/mol. The van der Waals surface area contributed by atoms with Crippen LogP contribution in [-0.4, -0.2) is 30.8 Å². The maximum Gasteiger partial charge on any atom is 0.126 e. The molecule has 22 heavy (non-hydrogen) atoms. The molecule has 116 valence electrons. The summed E-state index contributed by atoms with van der Waals surface area (Å²) in [5.74, 6) is 2.63. The molecule has 1 aliphatic carbocycles. The van der Waals surface area contributed by atoms with Crippen molar-refractivity contribution in [3.8, 4) is 5.75 Å². The van der Waals surface area contributed by atoms with Crippen LogP contribution in [0.5, 0.6) is 5.75 Å². The predicted octanol–water partition coefficient (Wildman–Crippen LogP) is 3.61. The van der Waals surface area contributed by atoms with Crippen molar-refractivity contribution in [2.24, 2.45) is 5.92 Å². The summed E-state index contributed by atoms with van der Waals surface area (Å²) in [5, 5.41) is 4.70. The van der Waals surface area contributed by atoms with E-state index in [2.05, 4.69) is 17.4 Å². The zero-order valence-electron chi connectivity index (χ0n) is 12.9. The van der Waals surface area contributed by atoms with Crippen molar-refractivity contribution < 1.29 is 9.47 Å². The van der Waals surface area contributed by atoms with Crippen LogP contribution in [0.15, 0.2) is 30.3 Å². The molecule has 4 nitrogen and oxygen atoms in total. The van der Waals surface area contributed by atoms with Gasteiger partial charge in [-0.15, -0.1) is 0 Å². The van der Waals surface area contributed by atoms with Gasteiger partial charge in [-0.25, -0.2) is 4.98 Å². The van der Waals surface area contributed by atoms with Gasteiger partial charge < -0.3 is 14.8 Å². The maximum atomic E-state index is 5.89. The number of nitrogens with zero attached hydrogens (tertiary/aromatic N) is 1. The van der Waals surface area contributed by atoms with Crippen LogP contribution in [0, 0.1) is 5.92 Å². The molecule has 1 N–H and O–H groups in total. The highest BCUT2D eigenvalue weighted by Crippen LogP contribution is 2.38. The van der Waals surface area contributed by atoms with Crippen molar-refractivity contribution in [3.05, 3.63) is 30.3 Å². The molecule has 1 saturated carbocycles. The van der Waals surface area contributed by atoms with E-state index in [1.54, 1.807) is 7.11 Å². The van der Waals surface area contributed by atoms with E-state index in [0.29, 0.717) is 12.1 Å². The Morgan fingerprint density at radius 3 is 2.91 bits per heavy atom. The second-order valence-electron chi connectivity index (χ2n) is 6.37. The molecular formula is C18H22N2O2. The zero-order chi connectivity index (χ0) is 14.9. The Bertz CT molecular complexity index is 669. The van der Waals surface area contributed by atoms with E-state index in [0.717, 1.165) is 47.8 Å². The molecule has 0 spiro atoms. The summed E-state index contributed by atoms with van der Waals surface area (Å²) in [4.78, 5) is 4.72. The first-order valence-corrected chi connectivity index (χ1v) is 8.15. The van der Waals surface area contributed by atoms with Gasteiger partial charge in [0.05, 0.1) is 18.7 Å². The number of methoxy groups -OCH3 is 1. The number of hydrogen-bond donors (Lipinski definition) is 1. The fraction of sp³-hybridized carbons (Fsp3) is 0.500. The lowest BCUT2D eigenvalue weighted by Crippen LogP contribution is -2.35. The average molecular weight is 298 g/mol. The maximum absolute atomic E-state index is 5.89. The van der Waals surface area contributed by atoms with Gasteiger partial charge in [0.15, 0.2) is 0 Å². The number of anilines is 1. The minimum Gasteiger partial charge on any atom is -0.497 e. The van der Waals surface area contributed by atoms with Gasteiger partial charge in [0.2, 0.25) is 0 Å². The largest absolute Gasteiger partial charge is 0.497 e. The van der Waals surface area contributed by atoms with E-state index in [-0.39, 0.29) is 0 Å². The molecule has 0 amide bonds. The zero-order valence-corrected chi connectivity index (χ0v) is 12.9. The van der Waals surface area contributed by atoms with E-state index < -0.39 is 0 Å². The highest BCUT2D eigenvalue weighted by atomic mass is 16.5. The number of benzene rings is 1. The smallest absolute Gasteiger partial charge is 0.126 e. The van der Waals surface area contributed by atoms with Crippen molar-refractivity contribution in [2.75, 3.05) is 19.0 Å². The first-order valence-electron chi connectivity index (χ1n) is 8.15. The number of hydrogen-bond acceptors (Lipinski definition) is 4. The van der Waals surface area contributed by atoms with Crippen LogP contribution < -0.4 is 10.1 Å². The second kappa shape index (κ2) is 5.76. The SMILES string of the molecule is COc1ccc2nc(NC3CCOC(C4CC4)C3)ccc2c1. The lowest BCUT2D eigenvalue weighted by molar-refractivity contribution is -0.00222. The number of ether oxygens (including phenoxy) is 2. The summed E-state index contributed by atoms with van der Waals surface area (Å²) >= 11 is 0. The highest BCUT2D eigenvalue weighted by molar-refractivity contribution is 5.81. The number of aromatic nitrogens is 1. The van der Waals surface area contributed by atoms with Gasteiger partial charge in [0.1, 0.15) is 11.6 Å². The molecule has 0 radical (unpaired) electrons. The Labute approximate surface area is 130 Å². The summed E-state index contributed by atoms with van der Waals surface area (Å²) in [6.45, 7) is 0.865. The quantitative estimate of drug-likeness (QED) is 0.936. The van der Waals surface area contributed by atoms with Gasteiger partial charge >= 0.3 is 0 Å². The summed E-state index contributed by atoms with van der Waals surface area (Å²) < 4.78 is 11.1. The summed E-state index contributed by atoms with van der Waals surface area (Å²) in [7, 11) is 1.69. The van der Waals surface area contributed by atoms with Crippen LogP contribution in [0.3, 0.4) is 0 Å². The van der Waals surface area contributed by atoms with Gasteiger partial charge in [-0.05, 0) is 61.9 Å². The van der Waals surface area contributed by atoms with Gasteiger partial charge in [0, 0.05) is 18.0 Å². The lowest BCUT2D eigenvalue weighted by Gasteiger charge is -2.30.